The smallest absolute Gasteiger partial charge is 0.258 e. The van der Waals surface area contributed by atoms with Crippen molar-refractivity contribution in [3.8, 4) is 5.75 Å². The standard InChI is InChI=1S/C26H33N5O3/c1-19(2)31(17-24-27-23-7-5-4-6-22(23)26(33)28-24)18-25(32)30-14-12-29(13-15-30)16-20-8-10-21(34-3)11-9-20/h4-11,19H,12-18H2,1-3H3,(H,27,28,33). The third kappa shape index (κ3) is 5.81. The van der Waals surface area contributed by atoms with Gasteiger partial charge >= 0.3 is 0 Å². The zero-order valence-electron chi connectivity index (χ0n) is 20.2. The lowest BCUT2D eigenvalue weighted by atomic mass is 10.2. The number of nitrogens with one attached hydrogen (secondary N) is 1. The molecular weight excluding hydrogens is 430 g/mol. The Bertz CT molecular complexity index is 1170. The summed E-state index contributed by atoms with van der Waals surface area (Å²) in [7, 11) is 1.67. The molecule has 34 heavy (non-hydrogen) atoms. The number of piperazine rings is 1. The fourth-order valence-electron chi connectivity index (χ4n) is 4.24. The van der Waals surface area contributed by atoms with Crippen molar-refractivity contribution in [2.45, 2.75) is 33.0 Å². The van der Waals surface area contributed by atoms with Crippen molar-refractivity contribution < 1.29 is 9.53 Å². The molecule has 1 fully saturated rings. The number of carbonyl (C=O) groups excluding carboxylic acids is 1. The molecule has 0 bridgehead atoms. The number of para-hydroxylation sites is 1. The highest BCUT2D eigenvalue weighted by Gasteiger charge is 2.24. The second kappa shape index (κ2) is 10.8. The lowest BCUT2D eigenvalue weighted by Gasteiger charge is -2.36. The van der Waals surface area contributed by atoms with Crippen molar-refractivity contribution in [1.29, 1.82) is 0 Å². The lowest BCUT2D eigenvalue weighted by molar-refractivity contribution is -0.134. The van der Waals surface area contributed by atoms with Crippen LogP contribution in [0, 0.1) is 0 Å². The summed E-state index contributed by atoms with van der Waals surface area (Å²) in [5, 5.41) is 0.575. The fourth-order valence-corrected chi connectivity index (χ4v) is 4.24. The van der Waals surface area contributed by atoms with Gasteiger partial charge in [0.05, 0.1) is 31.1 Å². The van der Waals surface area contributed by atoms with Crippen molar-refractivity contribution >= 4 is 16.8 Å². The summed E-state index contributed by atoms with van der Waals surface area (Å²) in [5.41, 5.74) is 1.76. The van der Waals surface area contributed by atoms with Crippen molar-refractivity contribution in [1.82, 2.24) is 24.7 Å². The van der Waals surface area contributed by atoms with E-state index in [1.807, 2.05) is 35.2 Å². The van der Waals surface area contributed by atoms with Gasteiger partial charge < -0.3 is 14.6 Å². The van der Waals surface area contributed by atoms with Crippen molar-refractivity contribution in [2.75, 3.05) is 39.8 Å². The summed E-state index contributed by atoms with van der Waals surface area (Å²) >= 11 is 0. The Balaban J connectivity index is 1.33. The molecule has 3 aromatic rings. The quantitative estimate of drug-likeness (QED) is 0.553. The van der Waals surface area contributed by atoms with E-state index in [-0.39, 0.29) is 17.5 Å². The van der Waals surface area contributed by atoms with Crippen LogP contribution in [0.25, 0.3) is 10.9 Å². The third-order valence-corrected chi connectivity index (χ3v) is 6.37. The Morgan fingerprint density at radius 3 is 2.47 bits per heavy atom. The van der Waals surface area contributed by atoms with Crippen molar-refractivity contribution in [3.05, 3.63) is 70.3 Å². The SMILES string of the molecule is COc1ccc(CN2CCN(C(=O)CN(Cc3nc4ccccc4c(=O)[nH]3)C(C)C)CC2)cc1. The number of amides is 1. The van der Waals surface area contributed by atoms with Crippen LogP contribution in [0.1, 0.15) is 25.2 Å². The van der Waals surface area contributed by atoms with E-state index < -0.39 is 0 Å². The van der Waals surface area contributed by atoms with Gasteiger partial charge in [-0.05, 0) is 43.7 Å². The van der Waals surface area contributed by atoms with Gasteiger partial charge in [0.1, 0.15) is 11.6 Å². The van der Waals surface area contributed by atoms with Crippen LogP contribution in [0.5, 0.6) is 5.75 Å². The van der Waals surface area contributed by atoms with E-state index in [0.29, 0.717) is 42.9 Å². The maximum Gasteiger partial charge on any atom is 0.258 e. The zero-order valence-corrected chi connectivity index (χ0v) is 20.2. The van der Waals surface area contributed by atoms with Crippen LogP contribution in [0.3, 0.4) is 0 Å². The van der Waals surface area contributed by atoms with Gasteiger partial charge in [-0.2, -0.15) is 0 Å². The highest BCUT2D eigenvalue weighted by atomic mass is 16.5. The molecule has 2 heterocycles. The number of carbonyl (C=O) groups is 1. The van der Waals surface area contributed by atoms with Gasteiger partial charge in [0.2, 0.25) is 5.91 Å². The second-order valence-corrected chi connectivity index (χ2v) is 9.03. The molecule has 1 aliphatic heterocycles. The summed E-state index contributed by atoms with van der Waals surface area (Å²) in [5.74, 6) is 1.55. The van der Waals surface area contributed by atoms with E-state index in [0.717, 1.165) is 25.4 Å². The van der Waals surface area contributed by atoms with E-state index in [4.69, 9.17) is 4.74 Å². The number of benzene rings is 2. The van der Waals surface area contributed by atoms with E-state index in [2.05, 4.69) is 45.7 Å². The molecule has 4 rings (SSSR count). The van der Waals surface area contributed by atoms with Crippen molar-refractivity contribution in [2.24, 2.45) is 0 Å². The van der Waals surface area contributed by atoms with Crippen LogP contribution >= 0.6 is 0 Å². The van der Waals surface area contributed by atoms with E-state index in [1.165, 1.54) is 5.56 Å². The first-order chi connectivity index (χ1) is 16.4. The number of nitrogens with zero attached hydrogens (tertiary/aromatic N) is 4. The number of fused-ring (bicyclic) bond motifs is 1. The number of hydrogen-bond donors (Lipinski definition) is 1. The lowest BCUT2D eigenvalue weighted by Crippen LogP contribution is -2.51. The molecule has 0 saturated carbocycles. The summed E-state index contributed by atoms with van der Waals surface area (Å²) < 4.78 is 5.23. The number of methoxy groups -OCH3 is 1. The van der Waals surface area contributed by atoms with E-state index >= 15 is 0 Å². The Labute approximate surface area is 200 Å². The molecule has 0 aliphatic carbocycles. The van der Waals surface area contributed by atoms with Crippen molar-refractivity contribution in [3.63, 3.8) is 0 Å². The Hall–Kier alpha value is -3.23. The predicted molar refractivity (Wildman–Crippen MR) is 133 cm³/mol. The average Bonchev–Trinajstić information content (AvgIpc) is 2.84. The molecule has 0 radical (unpaired) electrons. The molecule has 1 aliphatic rings. The highest BCUT2D eigenvalue weighted by Crippen LogP contribution is 2.15. The molecule has 0 spiro atoms. The number of hydrogen-bond acceptors (Lipinski definition) is 6. The van der Waals surface area contributed by atoms with E-state index in [9.17, 15) is 9.59 Å². The van der Waals surface area contributed by atoms with Crippen LogP contribution in [0.4, 0.5) is 0 Å². The van der Waals surface area contributed by atoms with Crippen LogP contribution in [-0.2, 0) is 17.9 Å². The summed E-state index contributed by atoms with van der Waals surface area (Å²) in [6.45, 7) is 8.81. The number of H-pyrrole nitrogens is 1. The topological polar surface area (TPSA) is 81.8 Å². The van der Waals surface area contributed by atoms with Crippen LogP contribution in [0.15, 0.2) is 53.3 Å². The molecule has 0 unspecified atom stereocenters. The molecule has 180 valence electrons. The van der Waals surface area contributed by atoms with Crippen LogP contribution in [0.2, 0.25) is 0 Å². The first-order valence-corrected chi connectivity index (χ1v) is 11.8. The Morgan fingerprint density at radius 2 is 1.79 bits per heavy atom. The normalized spacial score (nSPS) is 14.8. The number of rotatable bonds is 8. The van der Waals surface area contributed by atoms with Gasteiger partial charge in [0, 0.05) is 38.8 Å². The third-order valence-electron chi connectivity index (χ3n) is 6.37. The molecule has 2 aromatic carbocycles. The minimum atomic E-state index is -0.149. The average molecular weight is 464 g/mol. The maximum absolute atomic E-state index is 13.1. The number of ether oxygens (including phenoxy) is 1. The molecule has 1 amide bonds. The largest absolute Gasteiger partial charge is 0.497 e. The summed E-state index contributed by atoms with van der Waals surface area (Å²) in [6.07, 6.45) is 0. The van der Waals surface area contributed by atoms with Gasteiger partial charge in [0.25, 0.3) is 5.56 Å². The highest BCUT2D eigenvalue weighted by molar-refractivity contribution is 5.78. The molecule has 1 aromatic heterocycles. The first-order valence-electron chi connectivity index (χ1n) is 11.8. The summed E-state index contributed by atoms with van der Waals surface area (Å²) in [6, 6.07) is 15.6. The molecule has 1 saturated heterocycles. The molecule has 8 nitrogen and oxygen atoms in total. The zero-order chi connectivity index (χ0) is 24.1. The second-order valence-electron chi connectivity index (χ2n) is 9.03. The minimum absolute atomic E-state index is 0.112. The Morgan fingerprint density at radius 1 is 1.09 bits per heavy atom. The van der Waals surface area contributed by atoms with E-state index in [1.54, 1.807) is 13.2 Å². The molecular formula is C26H33N5O3. The van der Waals surface area contributed by atoms with Gasteiger partial charge in [-0.25, -0.2) is 4.98 Å². The minimum Gasteiger partial charge on any atom is -0.497 e. The monoisotopic (exact) mass is 463 g/mol. The molecule has 0 atom stereocenters. The van der Waals surface area contributed by atoms with Gasteiger partial charge in [-0.3, -0.25) is 19.4 Å². The maximum atomic E-state index is 13.1. The van der Waals surface area contributed by atoms with Gasteiger partial charge in [-0.15, -0.1) is 0 Å². The van der Waals surface area contributed by atoms with Gasteiger partial charge in [-0.1, -0.05) is 24.3 Å². The van der Waals surface area contributed by atoms with Crippen LogP contribution < -0.4 is 10.3 Å². The Kier molecular flexibility index (Phi) is 7.59. The number of aromatic nitrogens is 2. The fraction of sp³-hybridized carbons (Fsp3) is 0.423. The summed E-state index contributed by atoms with van der Waals surface area (Å²) in [4.78, 5) is 39.3. The predicted octanol–water partition coefficient (Wildman–Crippen LogP) is 2.49. The first kappa shape index (κ1) is 23.9. The van der Waals surface area contributed by atoms with Crippen LogP contribution in [-0.4, -0.2) is 76.5 Å². The molecule has 1 N–H and O–H groups in total. The number of aromatic amines is 1. The van der Waals surface area contributed by atoms with Gasteiger partial charge in [0.15, 0.2) is 0 Å². The molecule has 8 heteroatoms.